The van der Waals surface area contributed by atoms with Gasteiger partial charge in [0, 0.05) is 45.3 Å². The number of morpholine rings is 1. The second-order valence-electron chi connectivity index (χ2n) is 6.75. The summed E-state index contributed by atoms with van der Waals surface area (Å²) in [5.41, 5.74) is 0. The Morgan fingerprint density at radius 3 is 2.36 bits per heavy atom. The van der Waals surface area contributed by atoms with Gasteiger partial charge in [-0.05, 0) is 26.2 Å². The van der Waals surface area contributed by atoms with E-state index in [1.165, 1.54) is 0 Å². The molecule has 126 valence electrons. The Labute approximate surface area is 133 Å². The third-order valence-electron chi connectivity index (χ3n) is 5.49. The molecule has 1 aliphatic carbocycles. The molecule has 3 rings (SSSR count). The zero-order chi connectivity index (χ0) is 15.5. The molecule has 0 unspecified atom stereocenters. The van der Waals surface area contributed by atoms with Crippen LogP contribution < -0.4 is 0 Å². The lowest BCUT2D eigenvalue weighted by atomic mass is 10.1. The average molecular weight is 311 g/mol. The molecule has 3 aliphatic rings. The Balaban J connectivity index is 1.49. The van der Waals surface area contributed by atoms with Crippen molar-refractivity contribution in [1.82, 2.24) is 14.7 Å². The van der Waals surface area contributed by atoms with Crippen molar-refractivity contribution in [2.45, 2.75) is 44.4 Å². The van der Waals surface area contributed by atoms with Crippen LogP contribution in [0.2, 0.25) is 0 Å². The Hall–Kier alpha value is -0.690. The summed E-state index contributed by atoms with van der Waals surface area (Å²) in [6, 6.07) is 0.265. The smallest absolute Gasteiger partial charge is 0.239 e. The van der Waals surface area contributed by atoms with Gasteiger partial charge >= 0.3 is 0 Å². The van der Waals surface area contributed by atoms with Gasteiger partial charge in [0.1, 0.15) is 0 Å². The zero-order valence-electron chi connectivity index (χ0n) is 13.6. The summed E-state index contributed by atoms with van der Waals surface area (Å²) in [6.45, 7) is 8.53. The van der Waals surface area contributed by atoms with Crippen molar-refractivity contribution in [1.29, 1.82) is 0 Å². The number of rotatable bonds is 3. The quantitative estimate of drug-likeness (QED) is 0.780. The van der Waals surface area contributed by atoms with Gasteiger partial charge in [-0.2, -0.15) is 0 Å². The van der Waals surface area contributed by atoms with Crippen LogP contribution in [-0.2, 0) is 9.53 Å². The van der Waals surface area contributed by atoms with Crippen molar-refractivity contribution < 1.29 is 14.6 Å². The molecule has 0 aromatic heterocycles. The van der Waals surface area contributed by atoms with E-state index in [2.05, 4.69) is 9.80 Å². The molecule has 0 bridgehead atoms. The van der Waals surface area contributed by atoms with Crippen molar-refractivity contribution in [3.63, 3.8) is 0 Å². The van der Waals surface area contributed by atoms with Gasteiger partial charge in [0.05, 0.1) is 25.4 Å². The molecule has 3 fully saturated rings. The minimum absolute atomic E-state index is 0.0486. The van der Waals surface area contributed by atoms with E-state index in [1.807, 2.05) is 11.8 Å². The fourth-order valence-corrected chi connectivity index (χ4v) is 4.01. The van der Waals surface area contributed by atoms with Gasteiger partial charge in [0.2, 0.25) is 5.91 Å². The molecule has 1 N–H and O–H groups in total. The Morgan fingerprint density at radius 1 is 1.09 bits per heavy atom. The van der Waals surface area contributed by atoms with Crippen molar-refractivity contribution in [3.05, 3.63) is 0 Å². The highest BCUT2D eigenvalue weighted by atomic mass is 16.5. The number of carbonyl (C=O) groups is 1. The topological polar surface area (TPSA) is 56.2 Å². The Kier molecular flexibility index (Phi) is 5.33. The summed E-state index contributed by atoms with van der Waals surface area (Å²) in [7, 11) is 0. The first kappa shape index (κ1) is 16.2. The van der Waals surface area contributed by atoms with Crippen LogP contribution in [-0.4, -0.2) is 96.4 Å². The van der Waals surface area contributed by atoms with Crippen LogP contribution in [0.4, 0.5) is 0 Å². The van der Waals surface area contributed by atoms with Crippen LogP contribution in [0.15, 0.2) is 0 Å². The number of piperazine rings is 1. The number of amides is 1. The zero-order valence-corrected chi connectivity index (χ0v) is 13.6. The summed E-state index contributed by atoms with van der Waals surface area (Å²) in [4.78, 5) is 19.3. The van der Waals surface area contributed by atoms with Gasteiger partial charge in [0.25, 0.3) is 0 Å². The highest BCUT2D eigenvalue weighted by molar-refractivity contribution is 5.81. The number of hydrogen-bond acceptors (Lipinski definition) is 5. The van der Waals surface area contributed by atoms with Gasteiger partial charge < -0.3 is 14.7 Å². The van der Waals surface area contributed by atoms with Crippen molar-refractivity contribution in [3.8, 4) is 0 Å². The highest BCUT2D eigenvalue weighted by Gasteiger charge is 2.35. The van der Waals surface area contributed by atoms with Crippen LogP contribution in [0.3, 0.4) is 0 Å². The van der Waals surface area contributed by atoms with Crippen LogP contribution in [0.1, 0.15) is 26.2 Å². The van der Waals surface area contributed by atoms with Crippen LogP contribution in [0, 0.1) is 0 Å². The number of hydrogen-bond donors (Lipinski definition) is 1. The number of nitrogens with zero attached hydrogens (tertiary/aromatic N) is 3. The van der Waals surface area contributed by atoms with E-state index in [0.717, 1.165) is 71.7 Å². The van der Waals surface area contributed by atoms with Gasteiger partial charge in [-0.3, -0.25) is 14.6 Å². The molecular formula is C16H29N3O3. The Bertz CT molecular complexity index is 379. The molecule has 0 aromatic carbocycles. The van der Waals surface area contributed by atoms with Crippen LogP contribution in [0.5, 0.6) is 0 Å². The lowest BCUT2D eigenvalue weighted by molar-refractivity contribution is -0.140. The first-order valence-corrected chi connectivity index (χ1v) is 8.69. The first-order chi connectivity index (χ1) is 10.7. The van der Waals surface area contributed by atoms with E-state index < -0.39 is 0 Å². The van der Waals surface area contributed by atoms with Gasteiger partial charge in [-0.15, -0.1) is 0 Å². The molecule has 2 aliphatic heterocycles. The minimum Gasteiger partial charge on any atom is -0.391 e. The average Bonchev–Trinajstić information content (AvgIpc) is 3.00. The monoisotopic (exact) mass is 311 g/mol. The molecule has 22 heavy (non-hydrogen) atoms. The molecule has 2 saturated heterocycles. The predicted molar refractivity (Wildman–Crippen MR) is 83.7 cm³/mol. The second-order valence-corrected chi connectivity index (χ2v) is 6.75. The number of aliphatic hydroxyl groups is 1. The molecule has 0 aromatic rings. The molecule has 0 radical (unpaired) electrons. The third kappa shape index (κ3) is 3.45. The lowest BCUT2D eigenvalue weighted by Crippen LogP contribution is -2.57. The van der Waals surface area contributed by atoms with E-state index in [4.69, 9.17) is 4.74 Å². The maximum absolute atomic E-state index is 12.7. The molecule has 0 spiro atoms. The Morgan fingerprint density at radius 2 is 1.77 bits per heavy atom. The predicted octanol–water partition coefficient (Wildman–Crippen LogP) is -0.235. The molecular weight excluding hydrogens is 282 g/mol. The normalized spacial score (nSPS) is 33.1. The van der Waals surface area contributed by atoms with E-state index in [1.54, 1.807) is 0 Å². The fraction of sp³-hybridized carbons (Fsp3) is 0.938. The molecule has 6 nitrogen and oxygen atoms in total. The van der Waals surface area contributed by atoms with Crippen molar-refractivity contribution >= 4 is 5.91 Å². The number of ether oxygens (including phenoxy) is 1. The second kappa shape index (κ2) is 7.25. The molecule has 1 amide bonds. The van der Waals surface area contributed by atoms with Gasteiger partial charge in [-0.1, -0.05) is 0 Å². The van der Waals surface area contributed by atoms with Gasteiger partial charge in [0.15, 0.2) is 0 Å². The maximum atomic E-state index is 12.7. The lowest BCUT2D eigenvalue weighted by Gasteiger charge is -2.41. The van der Waals surface area contributed by atoms with Gasteiger partial charge in [-0.25, -0.2) is 0 Å². The summed E-state index contributed by atoms with van der Waals surface area (Å²) >= 11 is 0. The highest BCUT2D eigenvalue weighted by Crippen LogP contribution is 2.25. The van der Waals surface area contributed by atoms with Crippen LogP contribution >= 0.6 is 0 Å². The SMILES string of the molecule is C[C@H](C(=O)N1CCN([C@H]2CCC[C@@H]2O)CC1)N1CCOCC1. The molecule has 6 heteroatoms. The summed E-state index contributed by atoms with van der Waals surface area (Å²) in [6.07, 6.45) is 2.98. The van der Waals surface area contributed by atoms with Crippen LogP contribution in [0.25, 0.3) is 0 Å². The summed E-state index contributed by atoms with van der Waals surface area (Å²) in [5, 5.41) is 10.0. The van der Waals surface area contributed by atoms with Crippen molar-refractivity contribution in [2.75, 3.05) is 52.5 Å². The summed E-state index contributed by atoms with van der Waals surface area (Å²) < 4.78 is 5.36. The summed E-state index contributed by atoms with van der Waals surface area (Å²) in [5.74, 6) is 0.244. The number of aliphatic hydroxyl groups excluding tert-OH is 1. The van der Waals surface area contributed by atoms with Crippen molar-refractivity contribution in [2.24, 2.45) is 0 Å². The van der Waals surface area contributed by atoms with E-state index >= 15 is 0 Å². The van der Waals surface area contributed by atoms with E-state index in [-0.39, 0.29) is 18.1 Å². The third-order valence-corrected chi connectivity index (χ3v) is 5.49. The molecule has 2 heterocycles. The largest absolute Gasteiger partial charge is 0.391 e. The first-order valence-electron chi connectivity index (χ1n) is 8.69. The minimum atomic E-state index is -0.172. The maximum Gasteiger partial charge on any atom is 0.239 e. The fourth-order valence-electron chi connectivity index (χ4n) is 4.01. The number of carbonyl (C=O) groups excluding carboxylic acids is 1. The van der Waals surface area contributed by atoms with E-state index in [9.17, 15) is 9.90 Å². The molecule has 1 saturated carbocycles. The van der Waals surface area contributed by atoms with E-state index in [0.29, 0.717) is 6.04 Å². The molecule has 3 atom stereocenters. The standard InChI is InChI=1S/C16H29N3O3/c1-13(17-9-11-22-12-10-17)16(21)19-7-5-18(6-8-19)14-3-2-4-15(14)20/h13-15,20H,2-12H2,1H3/t13-,14+,15+/m1/s1.